The summed E-state index contributed by atoms with van der Waals surface area (Å²) >= 11 is 0. The van der Waals surface area contributed by atoms with E-state index in [4.69, 9.17) is 15.0 Å². The van der Waals surface area contributed by atoms with Crippen LogP contribution in [-0.4, -0.2) is 24.1 Å². The number of rotatable bonds is 9. The molecule has 74 heavy (non-hydrogen) atoms. The topological polar surface area (TPSA) is 48.5 Å². The second-order valence-corrected chi connectivity index (χ2v) is 18.8. The van der Waals surface area contributed by atoms with Crippen molar-refractivity contribution in [2.45, 2.75) is 0 Å². The number of para-hydroxylation sites is 2. The first-order chi connectivity index (χ1) is 36.7. The summed E-state index contributed by atoms with van der Waals surface area (Å²) in [7, 11) is 0. The summed E-state index contributed by atoms with van der Waals surface area (Å²) in [4.78, 5) is 15.9. The third kappa shape index (κ3) is 7.54. The van der Waals surface area contributed by atoms with Crippen LogP contribution < -0.4 is 0 Å². The maximum Gasteiger partial charge on any atom is 0.164 e. The monoisotopic (exact) mass is 943 g/mol. The molecule has 0 spiro atoms. The van der Waals surface area contributed by atoms with Gasteiger partial charge in [-0.25, -0.2) is 15.0 Å². The van der Waals surface area contributed by atoms with Crippen LogP contribution >= 0.6 is 0 Å². The average Bonchev–Trinajstić information content (AvgIpc) is 4.03. The van der Waals surface area contributed by atoms with Gasteiger partial charge in [0.1, 0.15) is 0 Å². The Morgan fingerprint density at radius 3 is 1.16 bits per heavy atom. The van der Waals surface area contributed by atoms with Crippen LogP contribution in [0.4, 0.5) is 0 Å². The number of nitrogens with zero attached hydrogens (tertiary/aromatic N) is 5. The molecule has 0 fully saturated rings. The molecule has 0 unspecified atom stereocenters. The van der Waals surface area contributed by atoms with Gasteiger partial charge in [-0.1, -0.05) is 212 Å². The molecule has 0 atom stereocenters. The molecule has 14 aromatic rings. The fourth-order valence-corrected chi connectivity index (χ4v) is 10.8. The molecule has 3 aromatic heterocycles. The Hall–Kier alpha value is -9.97. The predicted octanol–water partition coefficient (Wildman–Crippen LogP) is 17.7. The van der Waals surface area contributed by atoms with Crippen LogP contribution in [-0.2, 0) is 0 Å². The van der Waals surface area contributed by atoms with Gasteiger partial charge < -0.3 is 9.13 Å². The van der Waals surface area contributed by atoms with Gasteiger partial charge >= 0.3 is 0 Å². The van der Waals surface area contributed by atoms with Crippen molar-refractivity contribution in [3.8, 4) is 90.0 Å². The highest BCUT2D eigenvalue weighted by molar-refractivity contribution is 6.12. The van der Waals surface area contributed by atoms with Crippen LogP contribution in [0, 0.1) is 0 Å². The van der Waals surface area contributed by atoms with Crippen molar-refractivity contribution in [3.05, 3.63) is 273 Å². The van der Waals surface area contributed by atoms with E-state index in [0.717, 1.165) is 66.8 Å². The maximum absolute atomic E-state index is 5.40. The Balaban J connectivity index is 1.00. The number of hydrogen-bond acceptors (Lipinski definition) is 3. The average molecular weight is 944 g/mol. The van der Waals surface area contributed by atoms with Gasteiger partial charge in [0.05, 0.1) is 27.8 Å². The van der Waals surface area contributed by atoms with Crippen LogP contribution in [0.5, 0.6) is 0 Å². The molecule has 0 bridgehead atoms. The van der Waals surface area contributed by atoms with E-state index in [-0.39, 0.29) is 0 Å². The van der Waals surface area contributed by atoms with Gasteiger partial charge in [0.15, 0.2) is 17.5 Å². The standard InChI is InChI=1S/C69H45N5/c1-5-19-46(20-6-1)50-27-17-28-53(41-50)57-38-35-55(45-66(57)74-64-39-36-51(47-21-7-2-8-22-47)43-60(64)61-44-52(37-40-65(61)74)48-23-9-3-10-24-48)69-71-67(49-25-11-4-12-26-49)70-68(72-69)54-29-18-30-56(42-54)73-62-33-15-13-31-58(62)59-32-14-16-34-63(59)73/h1-45H. The Kier molecular flexibility index (Phi) is 10.4. The van der Waals surface area contributed by atoms with E-state index in [1.165, 1.54) is 49.4 Å². The lowest BCUT2D eigenvalue weighted by molar-refractivity contribution is 1.07. The SMILES string of the molecule is c1ccc(-c2cccc(-c3ccc(-c4nc(-c5ccccc5)nc(-c5cccc(-n6c7ccccc7c7ccccc76)c5)n4)cc3-n3c4ccc(-c5ccccc5)cc4c4cc(-c5ccccc5)ccc43)c2)cc1. The molecule has 0 aliphatic heterocycles. The van der Waals surface area contributed by atoms with E-state index in [2.05, 4.69) is 264 Å². The predicted molar refractivity (Wildman–Crippen MR) is 307 cm³/mol. The molecule has 3 heterocycles. The van der Waals surface area contributed by atoms with Crippen LogP contribution in [0.25, 0.3) is 134 Å². The summed E-state index contributed by atoms with van der Waals surface area (Å²) in [5.41, 5.74) is 18.4. The van der Waals surface area contributed by atoms with Crippen LogP contribution in [0.15, 0.2) is 273 Å². The van der Waals surface area contributed by atoms with Crippen molar-refractivity contribution in [1.29, 1.82) is 0 Å². The van der Waals surface area contributed by atoms with E-state index in [0.29, 0.717) is 17.5 Å². The van der Waals surface area contributed by atoms with E-state index < -0.39 is 0 Å². The van der Waals surface area contributed by atoms with E-state index in [1.807, 2.05) is 18.2 Å². The molecule has 346 valence electrons. The maximum atomic E-state index is 5.40. The molecule has 0 radical (unpaired) electrons. The molecule has 14 rings (SSSR count). The number of aromatic nitrogens is 5. The third-order valence-electron chi connectivity index (χ3n) is 14.4. The Morgan fingerprint density at radius 1 is 0.216 bits per heavy atom. The minimum absolute atomic E-state index is 0.584. The highest BCUT2D eigenvalue weighted by atomic mass is 15.0. The van der Waals surface area contributed by atoms with Crippen molar-refractivity contribution in [3.63, 3.8) is 0 Å². The molecular weight excluding hydrogens is 899 g/mol. The lowest BCUT2D eigenvalue weighted by atomic mass is 9.96. The Bertz CT molecular complexity index is 4250. The zero-order valence-electron chi connectivity index (χ0n) is 40.2. The molecule has 0 saturated carbocycles. The Labute approximate surface area is 428 Å². The second kappa shape index (κ2) is 18.0. The van der Waals surface area contributed by atoms with Crippen LogP contribution in [0.2, 0.25) is 0 Å². The number of hydrogen-bond donors (Lipinski definition) is 0. The lowest BCUT2D eigenvalue weighted by Gasteiger charge is -2.17. The number of fused-ring (bicyclic) bond motifs is 6. The van der Waals surface area contributed by atoms with Crippen molar-refractivity contribution < 1.29 is 0 Å². The summed E-state index contributed by atoms with van der Waals surface area (Å²) in [6, 6.07) is 97.3. The fraction of sp³-hybridized carbons (Fsp3) is 0. The van der Waals surface area contributed by atoms with Gasteiger partial charge in [-0.3, -0.25) is 0 Å². The van der Waals surface area contributed by atoms with Crippen LogP contribution in [0.1, 0.15) is 0 Å². The van der Waals surface area contributed by atoms with Gasteiger partial charge in [0.2, 0.25) is 0 Å². The van der Waals surface area contributed by atoms with Gasteiger partial charge in [-0.2, -0.15) is 0 Å². The van der Waals surface area contributed by atoms with Gasteiger partial charge in [0, 0.05) is 49.5 Å². The molecule has 5 nitrogen and oxygen atoms in total. The van der Waals surface area contributed by atoms with Crippen molar-refractivity contribution in [1.82, 2.24) is 24.1 Å². The largest absolute Gasteiger partial charge is 0.309 e. The van der Waals surface area contributed by atoms with Gasteiger partial charge in [-0.05, 0) is 99.6 Å². The summed E-state index contributed by atoms with van der Waals surface area (Å²) in [5, 5.41) is 4.77. The van der Waals surface area contributed by atoms with Crippen molar-refractivity contribution in [2.24, 2.45) is 0 Å². The summed E-state index contributed by atoms with van der Waals surface area (Å²) < 4.78 is 4.78. The molecule has 0 N–H and O–H groups in total. The van der Waals surface area contributed by atoms with E-state index >= 15 is 0 Å². The highest BCUT2D eigenvalue weighted by Crippen LogP contribution is 2.42. The normalized spacial score (nSPS) is 11.5. The van der Waals surface area contributed by atoms with E-state index in [1.54, 1.807) is 0 Å². The zero-order chi connectivity index (χ0) is 49.0. The summed E-state index contributed by atoms with van der Waals surface area (Å²) in [6.45, 7) is 0. The second-order valence-electron chi connectivity index (χ2n) is 18.8. The van der Waals surface area contributed by atoms with Crippen molar-refractivity contribution >= 4 is 43.6 Å². The molecule has 0 amide bonds. The molecule has 5 heteroatoms. The third-order valence-corrected chi connectivity index (χ3v) is 14.4. The first-order valence-corrected chi connectivity index (χ1v) is 25.1. The molecule has 0 aliphatic carbocycles. The Morgan fingerprint density at radius 2 is 0.608 bits per heavy atom. The van der Waals surface area contributed by atoms with Crippen LogP contribution in [0.3, 0.4) is 0 Å². The molecule has 0 saturated heterocycles. The fourth-order valence-electron chi connectivity index (χ4n) is 10.8. The van der Waals surface area contributed by atoms with E-state index in [9.17, 15) is 0 Å². The summed E-state index contributed by atoms with van der Waals surface area (Å²) in [6.07, 6.45) is 0. The zero-order valence-corrected chi connectivity index (χ0v) is 40.2. The van der Waals surface area contributed by atoms with Gasteiger partial charge in [0.25, 0.3) is 0 Å². The molecule has 11 aromatic carbocycles. The van der Waals surface area contributed by atoms with Crippen molar-refractivity contribution in [2.75, 3.05) is 0 Å². The summed E-state index contributed by atoms with van der Waals surface area (Å²) in [5.74, 6) is 1.78. The molecule has 0 aliphatic rings. The quantitative estimate of drug-likeness (QED) is 0.145. The first-order valence-electron chi connectivity index (χ1n) is 25.1. The van der Waals surface area contributed by atoms with Gasteiger partial charge in [-0.15, -0.1) is 0 Å². The first kappa shape index (κ1) is 42.9. The highest BCUT2D eigenvalue weighted by Gasteiger charge is 2.21. The lowest BCUT2D eigenvalue weighted by Crippen LogP contribution is -2.03. The minimum Gasteiger partial charge on any atom is -0.309 e. The number of benzene rings is 11. The minimum atomic E-state index is 0.584. The molecular formula is C69H45N5. The smallest absolute Gasteiger partial charge is 0.164 e.